The van der Waals surface area contributed by atoms with Crippen LogP contribution in [0.3, 0.4) is 0 Å². The van der Waals surface area contributed by atoms with E-state index in [2.05, 4.69) is 30.1 Å². The van der Waals surface area contributed by atoms with Crippen LogP contribution < -0.4 is 5.63 Å². The number of hydrogen-bond acceptors (Lipinski definition) is 3. The average molecular weight is 396 g/mol. The average Bonchev–Trinajstić information content (AvgIpc) is 2.79. The summed E-state index contributed by atoms with van der Waals surface area (Å²) in [6.07, 6.45) is 5.79. The number of hydrogen-bond donors (Lipinski definition) is 0. The van der Waals surface area contributed by atoms with Gasteiger partial charge in [-0.2, -0.15) is 0 Å². The van der Waals surface area contributed by atoms with E-state index in [9.17, 15) is 4.79 Å². The van der Waals surface area contributed by atoms with Gasteiger partial charge >= 0.3 is 5.63 Å². The van der Waals surface area contributed by atoms with E-state index in [1.54, 1.807) is 6.21 Å². The maximum Gasteiger partial charge on any atom is 0.362 e. The van der Waals surface area contributed by atoms with Crippen LogP contribution in [0.4, 0.5) is 5.69 Å². The van der Waals surface area contributed by atoms with E-state index in [1.165, 1.54) is 0 Å². The van der Waals surface area contributed by atoms with E-state index in [0.29, 0.717) is 11.4 Å². The summed E-state index contributed by atoms with van der Waals surface area (Å²) < 4.78 is 5.77. The maximum atomic E-state index is 12.9. The van der Waals surface area contributed by atoms with Crippen LogP contribution in [0.25, 0.3) is 22.1 Å². The van der Waals surface area contributed by atoms with Crippen LogP contribution in [-0.4, -0.2) is 6.21 Å². The van der Waals surface area contributed by atoms with E-state index < -0.39 is 0 Å². The van der Waals surface area contributed by atoms with Gasteiger partial charge in [0.2, 0.25) is 0 Å². The van der Waals surface area contributed by atoms with Crippen molar-refractivity contribution in [1.29, 1.82) is 0 Å². The summed E-state index contributed by atoms with van der Waals surface area (Å²) >= 11 is 0. The van der Waals surface area contributed by atoms with Gasteiger partial charge in [0, 0.05) is 11.8 Å². The van der Waals surface area contributed by atoms with E-state index in [-0.39, 0.29) is 5.63 Å². The molecule has 0 N–H and O–H groups in total. The molecule has 0 aliphatic carbocycles. The summed E-state index contributed by atoms with van der Waals surface area (Å²) in [4.78, 5) is 17.5. The molecule has 0 unspecified atom stereocenters. The predicted molar refractivity (Wildman–Crippen MR) is 125 cm³/mol. The summed E-state index contributed by atoms with van der Waals surface area (Å²) in [5.41, 5.74) is 2.84. The minimum absolute atomic E-state index is 0.390. The largest absolute Gasteiger partial charge is 0.421 e. The highest BCUT2D eigenvalue weighted by Gasteiger charge is 2.14. The van der Waals surface area contributed by atoms with Crippen LogP contribution in [0.5, 0.6) is 0 Å². The molecule has 0 radical (unpaired) electrons. The van der Waals surface area contributed by atoms with Crippen molar-refractivity contribution in [3.8, 4) is 11.3 Å². The standard InChI is InChI=1S/C27H25NO2/c1-2-3-5-14-22-18-25(24-17-10-15-21-13-8-9-16-23(21)24)30-27(29)26(22)28-19-20-11-6-4-7-12-20/h4,6-13,15-19H,2-3,5,14H2,1H3. The van der Waals surface area contributed by atoms with Crippen LogP contribution in [0.15, 0.2) is 93.1 Å². The Hall–Kier alpha value is -3.46. The van der Waals surface area contributed by atoms with Crippen molar-refractivity contribution in [2.75, 3.05) is 0 Å². The van der Waals surface area contributed by atoms with Crippen LogP contribution in [-0.2, 0) is 6.42 Å². The molecule has 0 saturated heterocycles. The van der Waals surface area contributed by atoms with E-state index in [4.69, 9.17) is 4.42 Å². The third-order valence-corrected chi connectivity index (χ3v) is 5.25. The highest BCUT2D eigenvalue weighted by Crippen LogP contribution is 2.30. The molecular weight excluding hydrogens is 370 g/mol. The number of fused-ring (bicyclic) bond motifs is 1. The SMILES string of the molecule is CCCCCc1cc(-c2cccc3ccccc23)oc(=O)c1N=Cc1ccccc1. The number of aliphatic imine (C=N–C) groups is 1. The molecular formula is C27H25NO2. The summed E-state index contributed by atoms with van der Waals surface area (Å²) in [5, 5.41) is 2.19. The topological polar surface area (TPSA) is 42.6 Å². The second-order valence-corrected chi connectivity index (χ2v) is 7.42. The molecule has 3 nitrogen and oxygen atoms in total. The summed E-state index contributed by atoms with van der Waals surface area (Å²) in [7, 11) is 0. The Kier molecular flexibility index (Phi) is 6.19. The molecule has 4 rings (SSSR count). The van der Waals surface area contributed by atoms with Crippen LogP contribution in [0.1, 0.15) is 37.3 Å². The quantitative estimate of drug-likeness (QED) is 0.251. The zero-order chi connectivity index (χ0) is 20.8. The van der Waals surface area contributed by atoms with Gasteiger partial charge in [-0.15, -0.1) is 0 Å². The highest BCUT2D eigenvalue weighted by atomic mass is 16.4. The number of aryl methyl sites for hydroxylation is 1. The molecule has 0 fully saturated rings. The van der Waals surface area contributed by atoms with Crippen molar-refractivity contribution in [3.05, 3.63) is 100 Å². The Morgan fingerprint density at radius 3 is 2.50 bits per heavy atom. The zero-order valence-electron chi connectivity index (χ0n) is 17.2. The fourth-order valence-corrected chi connectivity index (χ4v) is 3.68. The van der Waals surface area contributed by atoms with Gasteiger partial charge in [-0.25, -0.2) is 9.79 Å². The Balaban J connectivity index is 1.80. The maximum absolute atomic E-state index is 12.9. The molecule has 1 aromatic heterocycles. The third-order valence-electron chi connectivity index (χ3n) is 5.25. The molecule has 0 amide bonds. The van der Waals surface area contributed by atoms with Gasteiger partial charge in [-0.05, 0) is 40.8 Å². The summed E-state index contributed by atoms with van der Waals surface area (Å²) in [6.45, 7) is 2.18. The molecule has 3 heteroatoms. The van der Waals surface area contributed by atoms with E-state index in [0.717, 1.165) is 53.1 Å². The van der Waals surface area contributed by atoms with Crippen LogP contribution in [0.2, 0.25) is 0 Å². The molecule has 0 bridgehead atoms. The normalized spacial score (nSPS) is 11.4. The van der Waals surface area contributed by atoms with Crippen LogP contribution in [0, 0.1) is 0 Å². The minimum Gasteiger partial charge on any atom is -0.421 e. The molecule has 1 heterocycles. The lowest BCUT2D eigenvalue weighted by molar-refractivity contribution is 0.525. The molecule has 30 heavy (non-hydrogen) atoms. The number of nitrogens with zero attached hydrogens (tertiary/aromatic N) is 1. The first-order chi connectivity index (χ1) is 14.8. The van der Waals surface area contributed by atoms with Crippen molar-refractivity contribution in [1.82, 2.24) is 0 Å². The minimum atomic E-state index is -0.390. The first kappa shape index (κ1) is 19.8. The van der Waals surface area contributed by atoms with Gasteiger partial charge in [-0.1, -0.05) is 92.6 Å². The second kappa shape index (κ2) is 9.36. The van der Waals surface area contributed by atoms with Crippen molar-refractivity contribution in [2.45, 2.75) is 32.6 Å². The van der Waals surface area contributed by atoms with Gasteiger partial charge in [0.15, 0.2) is 5.69 Å². The molecule has 0 aliphatic heterocycles. The third kappa shape index (κ3) is 4.41. The smallest absolute Gasteiger partial charge is 0.362 e. The lowest BCUT2D eigenvalue weighted by atomic mass is 10.00. The molecule has 150 valence electrons. The van der Waals surface area contributed by atoms with E-state index >= 15 is 0 Å². The predicted octanol–water partition coefficient (Wildman–Crippen LogP) is 6.94. The van der Waals surface area contributed by atoms with Crippen molar-refractivity contribution in [3.63, 3.8) is 0 Å². The molecule has 0 aliphatic rings. The molecule has 4 aromatic rings. The van der Waals surface area contributed by atoms with Gasteiger partial charge in [0.1, 0.15) is 5.76 Å². The Bertz CT molecular complexity index is 1220. The number of unbranched alkanes of at least 4 members (excludes halogenated alkanes) is 2. The molecule has 0 atom stereocenters. The first-order valence-electron chi connectivity index (χ1n) is 10.5. The van der Waals surface area contributed by atoms with Crippen molar-refractivity contribution < 1.29 is 4.42 Å². The molecule has 0 spiro atoms. The van der Waals surface area contributed by atoms with Crippen molar-refractivity contribution in [2.24, 2.45) is 4.99 Å². The Labute approximate surface area is 176 Å². The summed E-state index contributed by atoms with van der Waals surface area (Å²) in [6, 6.07) is 26.0. The Morgan fingerprint density at radius 1 is 0.900 bits per heavy atom. The highest BCUT2D eigenvalue weighted by molar-refractivity contribution is 5.95. The fourth-order valence-electron chi connectivity index (χ4n) is 3.68. The molecule has 3 aromatic carbocycles. The summed E-state index contributed by atoms with van der Waals surface area (Å²) in [5.74, 6) is 0.599. The fraction of sp³-hybridized carbons (Fsp3) is 0.185. The van der Waals surface area contributed by atoms with Gasteiger partial charge in [0.25, 0.3) is 0 Å². The van der Waals surface area contributed by atoms with Gasteiger partial charge < -0.3 is 4.42 Å². The monoisotopic (exact) mass is 395 g/mol. The van der Waals surface area contributed by atoms with Crippen LogP contribution >= 0.6 is 0 Å². The number of benzene rings is 3. The number of rotatable bonds is 7. The lowest BCUT2D eigenvalue weighted by Gasteiger charge is -2.10. The van der Waals surface area contributed by atoms with Gasteiger partial charge in [-0.3, -0.25) is 0 Å². The Morgan fingerprint density at radius 2 is 1.67 bits per heavy atom. The molecule has 0 saturated carbocycles. The lowest BCUT2D eigenvalue weighted by Crippen LogP contribution is -2.04. The van der Waals surface area contributed by atoms with E-state index in [1.807, 2.05) is 60.7 Å². The first-order valence-corrected chi connectivity index (χ1v) is 10.5. The van der Waals surface area contributed by atoms with Gasteiger partial charge in [0.05, 0.1) is 0 Å². The van der Waals surface area contributed by atoms with Crippen molar-refractivity contribution >= 4 is 22.7 Å². The second-order valence-electron chi connectivity index (χ2n) is 7.42. The zero-order valence-corrected chi connectivity index (χ0v) is 17.2.